The smallest absolute Gasteiger partial charge is 0.335 e. The van der Waals surface area contributed by atoms with Gasteiger partial charge in [0.25, 0.3) is 0 Å². The summed E-state index contributed by atoms with van der Waals surface area (Å²) in [6.07, 6.45) is 1.19. The highest BCUT2D eigenvalue weighted by Crippen LogP contribution is 2.20. The molecule has 0 heterocycles. The second-order valence-electron chi connectivity index (χ2n) is 5.31. The van der Waals surface area contributed by atoms with Crippen LogP contribution < -0.4 is 4.72 Å². The molecule has 0 radical (unpaired) electrons. The minimum Gasteiger partial charge on any atom is -0.478 e. The van der Waals surface area contributed by atoms with Crippen LogP contribution in [0, 0.1) is 6.92 Å². The summed E-state index contributed by atoms with van der Waals surface area (Å²) in [5.74, 6) is -1.18. The molecule has 1 atom stereocenters. The van der Waals surface area contributed by atoms with Crippen molar-refractivity contribution < 1.29 is 23.4 Å². The number of nitrogens with one attached hydrogen (secondary N) is 1. The predicted molar refractivity (Wildman–Crippen MR) is 78.9 cm³/mol. The number of aromatic carboxylic acids is 1. The molecule has 0 amide bonds. The molecule has 1 rings (SSSR count). The summed E-state index contributed by atoms with van der Waals surface area (Å²) in [6, 6.07) is 4.08. The average Bonchev–Trinajstić information content (AvgIpc) is 2.36. The molecule has 0 spiro atoms. The number of carboxylic acids is 1. The molecule has 0 aliphatic rings. The van der Waals surface area contributed by atoms with E-state index in [-0.39, 0.29) is 22.6 Å². The monoisotopic (exact) mass is 315 g/mol. The fraction of sp³-hybridized carbons (Fsp3) is 0.500. The number of rotatable bonds is 7. The van der Waals surface area contributed by atoms with E-state index in [2.05, 4.69) is 4.72 Å². The van der Waals surface area contributed by atoms with Gasteiger partial charge in [0, 0.05) is 6.54 Å². The molecule has 0 bridgehead atoms. The second kappa shape index (κ2) is 6.55. The van der Waals surface area contributed by atoms with Gasteiger partial charge in [-0.25, -0.2) is 17.9 Å². The SMILES string of the molecule is CCCC(C)(O)CNS(=O)(=O)c1cccc(C(=O)O)c1C. The minimum absolute atomic E-state index is 0.0572. The number of carboxylic acid groups (broad SMARTS) is 1. The van der Waals surface area contributed by atoms with Gasteiger partial charge in [-0.3, -0.25) is 0 Å². The molecule has 6 nitrogen and oxygen atoms in total. The van der Waals surface area contributed by atoms with E-state index < -0.39 is 21.6 Å². The molecule has 1 unspecified atom stereocenters. The Morgan fingerprint density at radius 1 is 1.38 bits per heavy atom. The standard InChI is InChI=1S/C14H21NO5S/c1-4-8-14(3,18)9-15-21(19,20)12-7-5-6-11(10(12)2)13(16)17/h5-7,15,18H,4,8-9H2,1-3H3,(H,16,17). The van der Waals surface area contributed by atoms with E-state index in [1.165, 1.54) is 25.1 Å². The lowest BCUT2D eigenvalue weighted by atomic mass is 10.0. The zero-order valence-electron chi connectivity index (χ0n) is 12.4. The lowest BCUT2D eigenvalue weighted by Gasteiger charge is -2.23. The van der Waals surface area contributed by atoms with Gasteiger partial charge < -0.3 is 10.2 Å². The van der Waals surface area contributed by atoms with Crippen LogP contribution >= 0.6 is 0 Å². The van der Waals surface area contributed by atoms with Crippen molar-refractivity contribution in [2.75, 3.05) is 6.54 Å². The van der Waals surface area contributed by atoms with Crippen molar-refractivity contribution in [1.82, 2.24) is 4.72 Å². The summed E-state index contributed by atoms with van der Waals surface area (Å²) in [5.41, 5.74) is -1.02. The first-order valence-electron chi connectivity index (χ1n) is 6.65. The predicted octanol–water partition coefficient (Wildman–Crippen LogP) is 1.52. The molecule has 0 saturated heterocycles. The Balaban J connectivity index is 3.04. The molecule has 1 aromatic carbocycles. The summed E-state index contributed by atoms with van der Waals surface area (Å²) in [6.45, 7) is 4.77. The van der Waals surface area contributed by atoms with Crippen LogP contribution in [0.4, 0.5) is 0 Å². The van der Waals surface area contributed by atoms with Gasteiger partial charge >= 0.3 is 5.97 Å². The van der Waals surface area contributed by atoms with Crippen molar-refractivity contribution in [3.63, 3.8) is 0 Å². The first kappa shape index (κ1) is 17.6. The topological polar surface area (TPSA) is 104 Å². The third kappa shape index (κ3) is 4.52. The summed E-state index contributed by atoms with van der Waals surface area (Å²) in [4.78, 5) is 11.0. The largest absolute Gasteiger partial charge is 0.478 e. The van der Waals surface area contributed by atoms with Crippen molar-refractivity contribution in [2.45, 2.75) is 44.1 Å². The van der Waals surface area contributed by atoms with Gasteiger partial charge in [-0.15, -0.1) is 0 Å². The zero-order valence-corrected chi connectivity index (χ0v) is 13.2. The van der Waals surface area contributed by atoms with Gasteiger partial charge in [0.05, 0.1) is 16.1 Å². The third-order valence-electron chi connectivity index (χ3n) is 3.24. The maximum atomic E-state index is 12.3. The molecule has 0 aliphatic carbocycles. The maximum Gasteiger partial charge on any atom is 0.335 e. The van der Waals surface area contributed by atoms with Crippen LogP contribution in [0.3, 0.4) is 0 Å². The highest BCUT2D eigenvalue weighted by atomic mass is 32.2. The average molecular weight is 315 g/mol. The molecule has 0 saturated carbocycles. The van der Waals surface area contributed by atoms with Crippen LogP contribution in [0.5, 0.6) is 0 Å². The van der Waals surface area contributed by atoms with Crippen molar-refractivity contribution in [2.24, 2.45) is 0 Å². The number of hydrogen-bond donors (Lipinski definition) is 3. The summed E-state index contributed by atoms with van der Waals surface area (Å²) in [7, 11) is -3.87. The number of benzene rings is 1. The summed E-state index contributed by atoms with van der Waals surface area (Å²) in [5, 5.41) is 19.0. The van der Waals surface area contributed by atoms with Crippen molar-refractivity contribution >= 4 is 16.0 Å². The molecule has 21 heavy (non-hydrogen) atoms. The van der Waals surface area contributed by atoms with Crippen LogP contribution in [0.25, 0.3) is 0 Å². The third-order valence-corrected chi connectivity index (χ3v) is 4.78. The highest BCUT2D eigenvalue weighted by Gasteiger charge is 2.25. The van der Waals surface area contributed by atoms with Gasteiger partial charge in [0.15, 0.2) is 0 Å². The van der Waals surface area contributed by atoms with Crippen LogP contribution in [-0.2, 0) is 10.0 Å². The van der Waals surface area contributed by atoms with Gasteiger partial charge in [0.1, 0.15) is 0 Å². The van der Waals surface area contributed by atoms with Gasteiger partial charge in [-0.1, -0.05) is 19.4 Å². The molecule has 3 N–H and O–H groups in total. The first-order valence-corrected chi connectivity index (χ1v) is 8.14. The Hall–Kier alpha value is -1.44. The fourth-order valence-electron chi connectivity index (χ4n) is 2.09. The van der Waals surface area contributed by atoms with E-state index in [1.54, 1.807) is 6.92 Å². The van der Waals surface area contributed by atoms with Crippen molar-refractivity contribution in [3.8, 4) is 0 Å². The van der Waals surface area contributed by atoms with E-state index in [0.717, 1.165) is 6.42 Å². The Kier molecular flexibility index (Phi) is 5.49. The molecule has 0 fully saturated rings. The first-order chi connectivity index (χ1) is 9.60. The fourth-order valence-corrected chi connectivity index (χ4v) is 3.52. The Morgan fingerprint density at radius 3 is 2.52 bits per heavy atom. The van der Waals surface area contributed by atoms with Gasteiger partial charge in [-0.05, 0) is 38.0 Å². The highest BCUT2D eigenvalue weighted by molar-refractivity contribution is 7.89. The summed E-state index contributed by atoms with van der Waals surface area (Å²) < 4.78 is 26.9. The van der Waals surface area contributed by atoms with Gasteiger partial charge in [-0.2, -0.15) is 0 Å². The minimum atomic E-state index is -3.87. The molecule has 0 aromatic heterocycles. The van der Waals surface area contributed by atoms with E-state index in [1.807, 2.05) is 6.92 Å². The lowest BCUT2D eigenvalue weighted by Crippen LogP contribution is -2.40. The number of sulfonamides is 1. The summed E-state index contributed by atoms with van der Waals surface area (Å²) >= 11 is 0. The molecule has 7 heteroatoms. The van der Waals surface area contributed by atoms with Crippen LogP contribution in [0.1, 0.15) is 42.6 Å². The number of aliphatic hydroxyl groups is 1. The molecule has 1 aromatic rings. The van der Waals surface area contributed by atoms with Gasteiger partial charge in [0.2, 0.25) is 10.0 Å². The zero-order chi connectivity index (χ0) is 16.3. The lowest BCUT2D eigenvalue weighted by molar-refractivity contribution is 0.0554. The second-order valence-corrected chi connectivity index (χ2v) is 7.04. The molecule has 118 valence electrons. The molecular weight excluding hydrogens is 294 g/mol. The molecule has 0 aliphatic heterocycles. The van der Waals surface area contributed by atoms with Crippen molar-refractivity contribution in [1.29, 1.82) is 0 Å². The quantitative estimate of drug-likeness (QED) is 0.708. The van der Waals surface area contributed by atoms with Crippen LogP contribution in [0.2, 0.25) is 0 Å². The van der Waals surface area contributed by atoms with E-state index in [0.29, 0.717) is 6.42 Å². The Bertz CT molecular complexity index is 622. The van der Waals surface area contributed by atoms with E-state index in [4.69, 9.17) is 5.11 Å². The van der Waals surface area contributed by atoms with E-state index >= 15 is 0 Å². The maximum absolute atomic E-state index is 12.3. The Labute approximate surface area is 124 Å². The molecular formula is C14H21NO5S. The van der Waals surface area contributed by atoms with E-state index in [9.17, 15) is 18.3 Å². The van der Waals surface area contributed by atoms with Crippen LogP contribution in [-0.4, -0.2) is 36.7 Å². The Morgan fingerprint density at radius 2 is 2.00 bits per heavy atom. The van der Waals surface area contributed by atoms with Crippen LogP contribution in [0.15, 0.2) is 23.1 Å². The number of carbonyl (C=O) groups is 1. The number of hydrogen-bond acceptors (Lipinski definition) is 4. The normalized spacial score (nSPS) is 14.7. The van der Waals surface area contributed by atoms with Crippen molar-refractivity contribution in [3.05, 3.63) is 29.3 Å².